The van der Waals surface area contributed by atoms with Gasteiger partial charge in [-0.15, -0.1) is 0 Å². The third-order valence-electron chi connectivity index (χ3n) is 2.62. The van der Waals surface area contributed by atoms with E-state index in [4.69, 9.17) is 4.74 Å². The van der Waals surface area contributed by atoms with Gasteiger partial charge >= 0.3 is 6.18 Å². The van der Waals surface area contributed by atoms with Crippen LogP contribution in [0.4, 0.5) is 19.0 Å². The monoisotopic (exact) mass is 299 g/mol. The highest BCUT2D eigenvalue weighted by Crippen LogP contribution is 2.36. The number of aromatic nitrogens is 2. The second kappa shape index (κ2) is 5.86. The molecule has 1 aromatic heterocycles. The summed E-state index contributed by atoms with van der Waals surface area (Å²) in [6.07, 6.45) is -4.22. The van der Waals surface area contributed by atoms with Crippen LogP contribution >= 0.6 is 0 Å². The zero-order valence-electron chi connectivity index (χ0n) is 10.9. The van der Waals surface area contributed by atoms with Crippen LogP contribution in [0.1, 0.15) is 12.5 Å². The molecule has 0 unspecified atom stereocenters. The summed E-state index contributed by atoms with van der Waals surface area (Å²) in [6.45, 7) is 1.36. The van der Waals surface area contributed by atoms with Crippen molar-refractivity contribution in [2.75, 3.05) is 5.32 Å². The van der Waals surface area contributed by atoms with E-state index in [0.29, 0.717) is 5.82 Å². The molecule has 0 aliphatic rings. The molecule has 0 bridgehead atoms. The first-order valence-corrected chi connectivity index (χ1v) is 6.01. The Kier molecular flexibility index (Phi) is 4.15. The molecule has 0 fully saturated rings. The van der Waals surface area contributed by atoms with Crippen LogP contribution in [0.15, 0.2) is 36.5 Å². The van der Waals surface area contributed by atoms with Crippen LogP contribution in [0.25, 0.3) is 0 Å². The van der Waals surface area contributed by atoms with Gasteiger partial charge in [0.05, 0.1) is 11.8 Å². The van der Waals surface area contributed by atoms with Crippen molar-refractivity contribution in [1.82, 2.24) is 10.2 Å². The van der Waals surface area contributed by atoms with Crippen LogP contribution in [-0.4, -0.2) is 22.2 Å². The number of anilines is 1. The van der Waals surface area contributed by atoms with Crippen LogP contribution in [-0.2, 0) is 11.0 Å². The van der Waals surface area contributed by atoms with Crippen LogP contribution in [0.3, 0.4) is 0 Å². The largest absolute Gasteiger partial charge is 0.480 e. The van der Waals surface area contributed by atoms with Gasteiger partial charge in [0.1, 0.15) is 11.6 Å². The molecule has 0 saturated heterocycles. The van der Waals surface area contributed by atoms with Gasteiger partial charge in [0.15, 0.2) is 6.10 Å². The molecule has 1 atom stereocenters. The molecule has 2 aromatic rings. The molecule has 2 N–H and O–H groups in total. The van der Waals surface area contributed by atoms with Gasteiger partial charge in [-0.2, -0.15) is 18.3 Å². The quantitative estimate of drug-likeness (QED) is 0.912. The number of benzene rings is 1. The molecule has 0 radical (unpaired) electrons. The Labute approximate surface area is 118 Å². The van der Waals surface area contributed by atoms with Gasteiger partial charge < -0.3 is 10.1 Å². The molecule has 8 heteroatoms. The van der Waals surface area contributed by atoms with Crippen molar-refractivity contribution in [2.24, 2.45) is 0 Å². The van der Waals surface area contributed by atoms with E-state index in [-0.39, 0.29) is 0 Å². The van der Waals surface area contributed by atoms with Crippen molar-refractivity contribution >= 4 is 11.7 Å². The fourth-order valence-electron chi connectivity index (χ4n) is 1.61. The number of alkyl halides is 3. The molecule has 1 amide bonds. The number of carbonyl (C=O) groups is 1. The lowest BCUT2D eigenvalue weighted by molar-refractivity contribution is -0.140. The minimum Gasteiger partial charge on any atom is -0.480 e. The highest BCUT2D eigenvalue weighted by Gasteiger charge is 2.34. The number of aromatic amines is 1. The van der Waals surface area contributed by atoms with Gasteiger partial charge in [0, 0.05) is 6.07 Å². The maximum Gasteiger partial charge on any atom is 0.419 e. The molecular weight excluding hydrogens is 287 g/mol. The zero-order chi connectivity index (χ0) is 15.5. The average molecular weight is 299 g/mol. The van der Waals surface area contributed by atoms with E-state index in [2.05, 4.69) is 15.5 Å². The Balaban J connectivity index is 2.09. The van der Waals surface area contributed by atoms with Crippen LogP contribution in [0.2, 0.25) is 0 Å². The van der Waals surface area contributed by atoms with Crippen LogP contribution in [0.5, 0.6) is 5.75 Å². The molecular formula is C13H12F3N3O2. The number of H-pyrrole nitrogens is 1. The van der Waals surface area contributed by atoms with Crippen molar-refractivity contribution in [3.05, 3.63) is 42.1 Å². The van der Waals surface area contributed by atoms with Gasteiger partial charge in [-0.05, 0) is 19.1 Å². The van der Waals surface area contributed by atoms with E-state index >= 15 is 0 Å². The second-order valence-corrected chi connectivity index (χ2v) is 4.21. The molecule has 0 aliphatic heterocycles. The van der Waals surface area contributed by atoms with E-state index in [0.717, 1.165) is 6.07 Å². The standard InChI is InChI=1S/C13H12F3N3O2/c1-8(12(20)18-11-6-7-17-19-11)21-10-5-3-2-4-9(10)13(14,15)16/h2-8H,1H3,(H2,17,18,19,20)/t8-/m0/s1. The fourth-order valence-corrected chi connectivity index (χ4v) is 1.61. The third kappa shape index (κ3) is 3.74. The van der Waals surface area contributed by atoms with Gasteiger partial charge in [-0.25, -0.2) is 0 Å². The van der Waals surface area contributed by atoms with Crippen molar-refractivity contribution in [1.29, 1.82) is 0 Å². The van der Waals surface area contributed by atoms with E-state index in [1.54, 1.807) is 0 Å². The van der Waals surface area contributed by atoms with Gasteiger partial charge in [-0.1, -0.05) is 12.1 Å². The number of carbonyl (C=O) groups excluding carboxylic acids is 1. The summed E-state index contributed by atoms with van der Waals surface area (Å²) < 4.78 is 43.5. The van der Waals surface area contributed by atoms with E-state index in [1.807, 2.05) is 0 Å². The normalized spacial score (nSPS) is 12.8. The highest BCUT2D eigenvalue weighted by atomic mass is 19.4. The number of nitrogens with zero attached hydrogens (tertiary/aromatic N) is 1. The number of nitrogens with one attached hydrogen (secondary N) is 2. The number of para-hydroxylation sites is 1. The molecule has 1 aromatic carbocycles. The highest BCUT2D eigenvalue weighted by molar-refractivity contribution is 5.93. The summed E-state index contributed by atoms with van der Waals surface area (Å²) in [5.74, 6) is -0.645. The first kappa shape index (κ1) is 14.9. The van der Waals surface area contributed by atoms with Gasteiger partial charge in [-0.3, -0.25) is 9.89 Å². The number of hydrogen-bond acceptors (Lipinski definition) is 3. The van der Waals surface area contributed by atoms with Crippen LogP contribution in [0, 0.1) is 0 Å². The lowest BCUT2D eigenvalue weighted by Gasteiger charge is -2.17. The predicted octanol–water partition coefficient (Wildman–Crippen LogP) is 2.83. The minimum atomic E-state index is -4.55. The Hall–Kier alpha value is -2.51. The summed E-state index contributed by atoms with van der Waals surface area (Å²) in [5, 5.41) is 8.58. The SMILES string of the molecule is C[C@H](Oc1ccccc1C(F)(F)F)C(=O)Nc1ccn[nH]1. The van der Waals surface area contributed by atoms with Crippen molar-refractivity contribution in [2.45, 2.75) is 19.2 Å². The van der Waals surface area contributed by atoms with Gasteiger partial charge in [0.2, 0.25) is 0 Å². The molecule has 1 heterocycles. The summed E-state index contributed by atoms with van der Waals surface area (Å²) >= 11 is 0. The Morgan fingerprint density at radius 3 is 2.67 bits per heavy atom. The van der Waals surface area contributed by atoms with E-state index in [1.165, 1.54) is 37.4 Å². The number of rotatable bonds is 4. The number of amides is 1. The summed E-state index contributed by atoms with van der Waals surface area (Å²) in [6, 6.07) is 6.24. The lowest BCUT2D eigenvalue weighted by Crippen LogP contribution is -2.31. The van der Waals surface area contributed by atoms with Gasteiger partial charge in [0.25, 0.3) is 5.91 Å². The average Bonchev–Trinajstić information content (AvgIpc) is 2.91. The molecule has 0 aliphatic carbocycles. The maximum absolute atomic E-state index is 12.8. The second-order valence-electron chi connectivity index (χ2n) is 4.21. The van der Waals surface area contributed by atoms with E-state index in [9.17, 15) is 18.0 Å². The molecule has 112 valence electrons. The van der Waals surface area contributed by atoms with Crippen molar-refractivity contribution < 1.29 is 22.7 Å². The first-order valence-electron chi connectivity index (χ1n) is 6.01. The number of halogens is 3. The maximum atomic E-state index is 12.8. The molecule has 0 spiro atoms. The smallest absolute Gasteiger partial charge is 0.419 e. The summed E-state index contributed by atoms with van der Waals surface area (Å²) in [7, 11) is 0. The Morgan fingerprint density at radius 2 is 2.05 bits per heavy atom. The van der Waals surface area contributed by atoms with Crippen molar-refractivity contribution in [3.8, 4) is 5.75 Å². The van der Waals surface area contributed by atoms with E-state index < -0.39 is 29.5 Å². The third-order valence-corrected chi connectivity index (χ3v) is 2.62. The summed E-state index contributed by atoms with van der Waals surface area (Å²) in [5.41, 5.74) is -0.925. The topological polar surface area (TPSA) is 67.0 Å². The van der Waals surface area contributed by atoms with Crippen LogP contribution < -0.4 is 10.1 Å². The Morgan fingerprint density at radius 1 is 1.33 bits per heavy atom. The molecule has 5 nitrogen and oxygen atoms in total. The first-order chi connectivity index (χ1) is 9.88. The number of hydrogen-bond donors (Lipinski definition) is 2. The Bertz CT molecular complexity index is 611. The lowest BCUT2D eigenvalue weighted by atomic mass is 10.2. The fraction of sp³-hybridized carbons (Fsp3) is 0.231. The molecule has 0 saturated carbocycles. The number of ether oxygens (including phenoxy) is 1. The predicted molar refractivity (Wildman–Crippen MR) is 68.8 cm³/mol. The minimum absolute atomic E-state index is 0.333. The molecule has 21 heavy (non-hydrogen) atoms. The molecule has 2 rings (SSSR count). The summed E-state index contributed by atoms with van der Waals surface area (Å²) in [4.78, 5) is 11.8. The van der Waals surface area contributed by atoms with Crippen molar-refractivity contribution in [3.63, 3.8) is 0 Å². The zero-order valence-corrected chi connectivity index (χ0v) is 10.9.